The summed E-state index contributed by atoms with van der Waals surface area (Å²) in [4.78, 5) is 24.7. The smallest absolute Gasteiger partial charge is 0.382 e. The van der Waals surface area contributed by atoms with Crippen molar-refractivity contribution in [3.63, 3.8) is 0 Å². The van der Waals surface area contributed by atoms with Crippen LogP contribution >= 0.6 is 0 Å². The number of nitrogens with zero attached hydrogens (tertiary/aromatic N) is 1. The molecule has 1 heterocycles. The fourth-order valence-electron chi connectivity index (χ4n) is 3.26. The van der Waals surface area contributed by atoms with Crippen LogP contribution in [0.3, 0.4) is 0 Å². The molecule has 1 aliphatic carbocycles. The maximum Gasteiger partial charge on any atom is 0.416 e. The van der Waals surface area contributed by atoms with Gasteiger partial charge in [-0.15, -0.1) is 0 Å². The van der Waals surface area contributed by atoms with Crippen LogP contribution in [0.5, 0.6) is 0 Å². The first-order valence-corrected chi connectivity index (χ1v) is 7.46. The third-order valence-electron chi connectivity index (χ3n) is 4.81. The molecule has 2 aliphatic rings. The number of hydrogen-bond donors (Lipinski definition) is 2. The number of amides is 3. The first-order valence-electron chi connectivity index (χ1n) is 7.46. The predicted molar refractivity (Wildman–Crippen MR) is 71.8 cm³/mol. The van der Waals surface area contributed by atoms with Gasteiger partial charge in [-0.1, -0.05) is 13.8 Å². The third kappa shape index (κ3) is 3.06. The van der Waals surface area contributed by atoms with Gasteiger partial charge in [-0.3, -0.25) is 9.69 Å². The van der Waals surface area contributed by atoms with Crippen LogP contribution in [-0.4, -0.2) is 46.3 Å². The Bertz CT molecular complexity index is 457. The van der Waals surface area contributed by atoms with Crippen LogP contribution in [0.2, 0.25) is 0 Å². The van der Waals surface area contributed by atoms with E-state index in [1.54, 1.807) is 0 Å². The molecule has 8 heteroatoms. The van der Waals surface area contributed by atoms with Crippen molar-refractivity contribution in [1.82, 2.24) is 10.2 Å². The molecule has 1 spiro atoms. The molecule has 0 unspecified atom stereocenters. The maximum atomic E-state index is 12.4. The van der Waals surface area contributed by atoms with Crippen LogP contribution in [0.15, 0.2) is 0 Å². The molecule has 1 saturated carbocycles. The van der Waals surface area contributed by atoms with Gasteiger partial charge < -0.3 is 10.4 Å². The SMILES string of the molecule is CC(C)C1CCC2(CC1)NC(=O)N(C[C@H](O)C(F)(F)F)C2=O. The van der Waals surface area contributed by atoms with Gasteiger partial charge in [-0.05, 0) is 37.5 Å². The van der Waals surface area contributed by atoms with Crippen LogP contribution in [0.4, 0.5) is 18.0 Å². The molecule has 0 bridgehead atoms. The summed E-state index contributed by atoms with van der Waals surface area (Å²) in [6.45, 7) is 3.12. The molecule has 2 rings (SSSR count). The second-order valence-corrected chi connectivity index (χ2v) is 6.57. The second-order valence-electron chi connectivity index (χ2n) is 6.57. The Morgan fingerprint density at radius 3 is 2.32 bits per heavy atom. The summed E-state index contributed by atoms with van der Waals surface area (Å²) < 4.78 is 37.2. The Kier molecular flexibility index (Phi) is 4.43. The largest absolute Gasteiger partial charge is 0.416 e. The molecule has 2 fully saturated rings. The highest BCUT2D eigenvalue weighted by atomic mass is 19.4. The van der Waals surface area contributed by atoms with E-state index >= 15 is 0 Å². The van der Waals surface area contributed by atoms with Crippen molar-refractivity contribution < 1.29 is 27.9 Å². The lowest BCUT2D eigenvalue weighted by atomic mass is 9.73. The molecule has 22 heavy (non-hydrogen) atoms. The van der Waals surface area contributed by atoms with Gasteiger partial charge in [-0.25, -0.2) is 4.79 Å². The summed E-state index contributed by atoms with van der Waals surface area (Å²) in [7, 11) is 0. The first-order chi connectivity index (χ1) is 10.1. The fourth-order valence-corrected chi connectivity index (χ4v) is 3.26. The third-order valence-corrected chi connectivity index (χ3v) is 4.81. The Morgan fingerprint density at radius 1 is 1.32 bits per heavy atom. The number of aliphatic hydroxyl groups excluding tert-OH is 1. The summed E-state index contributed by atoms with van der Waals surface area (Å²) >= 11 is 0. The van der Waals surface area contributed by atoms with Crippen molar-refractivity contribution in [3.8, 4) is 0 Å². The number of hydrogen-bond acceptors (Lipinski definition) is 3. The predicted octanol–water partition coefficient (Wildman–Crippen LogP) is 2.05. The number of nitrogens with one attached hydrogen (secondary N) is 1. The minimum absolute atomic E-state index is 0.430. The minimum Gasteiger partial charge on any atom is -0.382 e. The van der Waals surface area contributed by atoms with Crippen molar-refractivity contribution in [3.05, 3.63) is 0 Å². The molecule has 5 nitrogen and oxygen atoms in total. The molecule has 1 aliphatic heterocycles. The molecule has 0 radical (unpaired) electrons. The molecule has 2 N–H and O–H groups in total. The van der Waals surface area contributed by atoms with Crippen LogP contribution < -0.4 is 5.32 Å². The van der Waals surface area contributed by atoms with Gasteiger partial charge in [-0.2, -0.15) is 13.2 Å². The van der Waals surface area contributed by atoms with Crippen molar-refractivity contribution in [2.45, 2.75) is 57.3 Å². The number of halogens is 3. The highest BCUT2D eigenvalue weighted by molar-refractivity contribution is 6.07. The Hall–Kier alpha value is -1.31. The Morgan fingerprint density at radius 2 is 1.86 bits per heavy atom. The molecule has 1 atom stereocenters. The average molecular weight is 322 g/mol. The number of imide groups is 1. The number of β-amino-alcohol motifs (C(OH)–C–C–N with tert-alkyl or cyclic N) is 1. The second kappa shape index (κ2) is 5.72. The van der Waals surface area contributed by atoms with Gasteiger partial charge in [0.15, 0.2) is 6.10 Å². The Balaban J connectivity index is 2.06. The summed E-state index contributed by atoms with van der Waals surface area (Å²) in [6, 6.07) is -0.851. The summed E-state index contributed by atoms with van der Waals surface area (Å²) in [6.07, 6.45) is -5.22. The van der Waals surface area contributed by atoms with Crippen molar-refractivity contribution in [1.29, 1.82) is 0 Å². The highest BCUT2D eigenvalue weighted by Gasteiger charge is 2.54. The topological polar surface area (TPSA) is 69.6 Å². The minimum atomic E-state index is -4.86. The van der Waals surface area contributed by atoms with Crippen molar-refractivity contribution in [2.24, 2.45) is 11.8 Å². The van der Waals surface area contributed by atoms with Crippen LogP contribution in [0.25, 0.3) is 0 Å². The van der Waals surface area contributed by atoms with Gasteiger partial charge in [0.1, 0.15) is 5.54 Å². The zero-order chi connectivity index (χ0) is 16.7. The monoisotopic (exact) mass is 322 g/mol. The number of carbonyl (C=O) groups is 2. The zero-order valence-corrected chi connectivity index (χ0v) is 12.6. The number of alkyl halides is 3. The van der Waals surface area contributed by atoms with Gasteiger partial charge in [0, 0.05) is 0 Å². The lowest BCUT2D eigenvalue weighted by molar-refractivity contribution is -0.206. The number of urea groups is 1. The molecule has 0 aromatic rings. The normalized spacial score (nSPS) is 31.0. The lowest BCUT2D eigenvalue weighted by Crippen LogP contribution is -2.50. The summed E-state index contributed by atoms with van der Waals surface area (Å²) in [5.74, 6) is 0.265. The van der Waals surface area contributed by atoms with E-state index in [9.17, 15) is 22.8 Å². The van der Waals surface area contributed by atoms with E-state index in [-0.39, 0.29) is 0 Å². The van der Waals surface area contributed by atoms with E-state index in [2.05, 4.69) is 19.2 Å². The quantitative estimate of drug-likeness (QED) is 0.781. The fraction of sp³-hybridized carbons (Fsp3) is 0.857. The van der Waals surface area contributed by atoms with E-state index in [1.807, 2.05) is 0 Å². The van der Waals surface area contributed by atoms with Crippen LogP contribution in [0, 0.1) is 11.8 Å². The zero-order valence-electron chi connectivity index (χ0n) is 12.6. The van der Waals surface area contributed by atoms with Gasteiger partial charge in [0.25, 0.3) is 5.91 Å². The summed E-state index contributed by atoms with van der Waals surface area (Å²) in [5, 5.41) is 11.6. The van der Waals surface area contributed by atoms with Crippen LogP contribution in [0.1, 0.15) is 39.5 Å². The number of carbonyl (C=O) groups excluding carboxylic acids is 2. The average Bonchev–Trinajstić information content (AvgIpc) is 2.63. The Labute approximate surface area is 126 Å². The van der Waals surface area contributed by atoms with Gasteiger partial charge in [0.05, 0.1) is 6.54 Å². The molecule has 126 valence electrons. The first kappa shape index (κ1) is 17.1. The van der Waals surface area contributed by atoms with E-state index in [0.29, 0.717) is 29.6 Å². The van der Waals surface area contributed by atoms with Crippen molar-refractivity contribution in [2.75, 3.05) is 6.54 Å². The molecule has 1 saturated heterocycles. The van der Waals surface area contributed by atoms with E-state index < -0.39 is 36.3 Å². The van der Waals surface area contributed by atoms with E-state index in [0.717, 1.165) is 12.8 Å². The highest BCUT2D eigenvalue weighted by Crippen LogP contribution is 2.39. The molecule has 3 amide bonds. The lowest BCUT2D eigenvalue weighted by Gasteiger charge is -2.36. The van der Waals surface area contributed by atoms with E-state index in [4.69, 9.17) is 5.11 Å². The van der Waals surface area contributed by atoms with Gasteiger partial charge in [0.2, 0.25) is 0 Å². The number of aliphatic hydroxyl groups is 1. The molecular weight excluding hydrogens is 301 g/mol. The van der Waals surface area contributed by atoms with Crippen molar-refractivity contribution >= 4 is 11.9 Å². The number of rotatable bonds is 3. The van der Waals surface area contributed by atoms with Crippen LogP contribution in [-0.2, 0) is 4.79 Å². The van der Waals surface area contributed by atoms with Gasteiger partial charge >= 0.3 is 12.2 Å². The maximum absolute atomic E-state index is 12.4. The van der Waals surface area contributed by atoms with E-state index in [1.165, 1.54) is 0 Å². The molecule has 0 aromatic carbocycles. The molecule has 0 aromatic heterocycles. The standard InChI is InChI=1S/C14H21F3N2O3/c1-8(2)9-3-5-13(6-4-9)11(21)19(12(22)18-13)7-10(20)14(15,16)17/h8-10,20H,3-7H2,1-2H3,(H,18,22)/t9?,10-,13?/m0/s1. The summed E-state index contributed by atoms with van der Waals surface area (Å²) in [5.41, 5.74) is -1.09. The molecular formula is C14H21F3N2O3.